The molecule has 2 aliphatic rings. The second-order valence-corrected chi connectivity index (χ2v) is 8.71. The lowest BCUT2D eigenvalue weighted by Crippen LogP contribution is -2.29. The van der Waals surface area contributed by atoms with E-state index < -0.39 is 34.3 Å². The normalized spacial score (nSPS) is 16.8. The number of imide groups is 1. The summed E-state index contributed by atoms with van der Waals surface area (Å²) in [6.45, 7) is 2.17. The fourth-order valence-corrected chi connectivity index (χ4v) is 4.71. The van der Waals surface area contributed by atoms with Gasteiger partial charge >= 0.3 is 5.97 Å². The third-order valence-electron chi connectivity index (χ3n) is 6.51. The lowest BCUT2D eigenvalue weighted by atomic mass is 10.1. The van der Waals surface area contributed by atoms with Crippen molar-refractivity contribution in [3.8, 4) is 5.75 Å². The molecule has 0 saturated carbocycles. The van der Waals surface area contributed by atoms with E-state index >= 15 is 0 Å². The van der Waals surface area contributed by atoms with E-state index in [-0.39, 0.29) is 41.4 Å². The molecule has 0 aromatic heterocycles. The van der Waals surface area contributed by atoms with Crippen molar-refractivity contribution in [2.24, 2.45) is 5.92 Å². The second kappa shape index (κ2) is 9.30. The summed E-state index contributed by atoms with van der Waals surface area (Å²) in [6.07, 6.45) is 0.738. The molecule has 0 unspecified atom stereocenters. The predicted molar refractivity (Wildman–Crippen MR) is 133 cm³/mol. The maximum atomic E-state index is 13.0. The average molecular weight is 499 g/mol. The first-order valence-corrected chi connectivity index (χ1v) is 11.7. The molecule has 2 heterocycles. The van der Waals surface area contributed by atoms with Crippen LogP contribution in [0, 0.1) is 16.0 Å². The fraction of sp³-hybridized carbons (Fsp3) is 0.185. The van der Waals surface area contributed by atoms with Gasteiger partial charge in [0.1, 0.15) is 11.3 Å². The summed E-state index contributed by atoms with van der Waals surface area (Å²) >= 11 is 0. The lowest BCUT2D eigenvalue weighted by Gasteiger charge is -2.20. The number of nitro benzene ring substituents is 1. The van der Waals surface area contributed by atoms with Crippen LogP contribution in [0.15, 0.2) is 66.7 Å². The molecule has 0 bridgehead atoms. The molecule has 1 saturated heterocycles. The van der Waals surface area contributed by atoms with Crippen LogP contribution in [-0.4, -0.2) is 35.2 Å². The van der Waals surface area contributed by atoms with Gasteiger partial charge in [-0.05, 0) is 36.2 Å². The Kier molecular flexibility index (Phi) is 6.00. The molecule has 3 aromatic rings. The number of rotatable bonds is 6. The van der Waals surface area contributed by atoms with E-state index in [4.69, 9.17) is 4.74 Å². The number of ether oxygens (including phenoxy) is 1. The first-order valence-electron chi connectivity index (χ1n) is 11.7. The van der Waals surface area contributed by atoms with Crippen LogP contribution in [-0.2, 0) is 16.0 Å². The van der Waals surface area contributed by atoms with E-state index in [9.17, 15) is 29.3 Å². The summed E-state index contributed by atoms with van der Waals surface area (Å²) in [5.41, 5.74) is 1.06. The summed E-state index contributed by atoms with van der Waals surface area (Å²) in [7, 11) is 0. The zero-order valence-corrected chi connectivity index (χ0v) is 19.7. The number of carbonyl (C=O) groups excluding carboxylic acids is 4. The monoisotopic (exact) mass is 499 g/mol. The third-order valence-corrected chi connectivity index (χ3v) is 6.51. The van der Waals surface area contributed by atoms with Gasteiger partial charge in [0.15, 0.2) is 0 Å². The molecule has 10 nitrogen and oxygen atoms in total. The molecule has 0 spiro atoms. The number of carbonyl (C=O) groups is 4. The Bertz CT molecular complexity index is 1480. The van der Waals surface area contributed by atoms with Crippen LogP contribution >= 0.6 is 0 Å². The number of fused-ring (bicyclic) bond motifs is 1. The van der Waals surface area contributed by atoms with Crippen molar-refractivity contribution in [3.05, 3.63) is 93.5 Å². The number of amides is 3. The number of anilines is 2. The highest BCUT2D eigenvalue weighted by atomic mass is 16.6. The quantitative estimate of drug-likeness (QED) is 0.165. The van der Waals surface area contributed by atoms with Crippen molar-refractivity contribution in [2.45, 2.75) is 19.8 Å². The van der Waals surface area contributed by atoms with Gasteiger partial charge in [-0.3, -0.25) is 29.3 Å². The van der Waals surface area contributed by atoms with Crippen LogP contribution in [0.2, 0.25) is 0 Å². The Labute approximate surface area is 211 Å². The van der Waals surface area contributed by atoms with Crippen LogP contribution in [0.5, 0.6) is 5.75 Å². The summed E-state index contributed by atoms with van der Waals surface area (Å²) in [5.74, 6) is -2.94. The van der Waals surface area contributed by atoms with Crippen LogP contribution in [0.1, 0.15) is 39.6 Å². The largest absolute Gasteiger partial charge is 0.426 e. The van der Waals surface area contributed by atoms with E-state index in [1.165, 1.54) is 36.4 Å². The first kappa shape index (κ1) is 23.9. The predicted octanol–water partition coefficient (Wildman–Crippen LogP) is 3.92. The summed E-state index contributed by atoms with van der Waals surface area (Å²) in [4.78, 5) is 64.6. The van der Waals surface area contributed by atoms with Gasteiger partial charge in [-0.25, -0.2) is 4.90 Å². The van der Waals surface area contributed by atoms with Crippen LogP contribution < -0.4 is 14.5 Å². The van der Waals surface area contributed by atoms with Crippen LogP contribution in [0.4, 0.5) is 17.1 Å². The van der Waals surface area contributed by atoms with Gasteiger partial charge in [-0.1, -0.05) is 37.3 Å². The van der Waals surface area contributed by atoms with Crippen LogP contribution in [0.3, 0.4) is 0 Å². The molecule has 0 N–H and O–H groups in total. The van der Waals surface area contributed by atoms with Crippen molar-refractivity contribution >= 4 is 40.8 Å². The Hall–Kier alpha value is -4.86. The molecular formula is C27H21N3O7. The SMILES string of the molecule is CCc1ccccc1N1C[C@H](C(=O)Oc2cccc(N3C(=O)c4cccc([N+](=O)[O-])c4C3=O)c2)CC1=O. The molecule has 10 heteroatoms. The summed E-state index contributed by atoms with van der Waals surface area (Å²) in [6, 6.07) is 17.2. The average Bonchev–Trinajstić information content (AvgIpc) is 3.41. The summed E-state index contributed by atoms with van der Waals surface area (Å²) < 4.78 is 5.52. The number of nitro groups is 1. The smallest absolute Gasteiger partial charge is 0.316 e. The van der Waals surface area contributed by atoms with Gasteiger partial charge in [-0.2, -0.15) is 0 Å². The van der Waals surface area contributed by atoms with Gasteiger partial charge in [-0.15, -0.1) is 0 Å². The molecule has 2 aliphatic heterocycles. The Morgan fingerprint density at radius 1 is 1.03 bits per heavy atom. The van der Waals surface area contributed by atoms with Gasteiger partial charge < -0.3 is 9.64 Å². The fourth-order valence-electron chi connectivity index (χ4n) is 4.71. The van der Waals surface area contributed by atoms with Crippen molar-refractivity contribution < 1.29 is 28.8 Å². The van der Waals surface area contributed by atoms with E-state index in [1.807, 2.05) is 31.2 Å². The molecule has 37 heavy (non-hydrogen) atoms. The number of nitrogens with zero attached hydrogens (tertiary/aromatic N) is 3. The maximum Gasteiger partial charge on any atom is 0.316 e. The molecular weight excluding hydrogens is 478 g/mol. The molecule has 3 amide bonds. The number of hydrogen-bond acceptors (Lipinski definition) is 7. The number of esters is 1. The minimum atomic E-state index is -0.831. The van der Waals surface area contributed by atoms with Crippen molar-refractivity contribution in [2.75, 3.05) is 16.3 Å². The Morgan fingerprint density at radius 2 is 1.78 bits per heavy atom. The Morgan fingerprint density at radius 3 is 2.54 bits per heavy atom. The highest BCUT2D eigenvalue weighted by Crippen LogP contribution is 2.35. The number of hydrogen-bond donors (Lipinski definition) is 0. The molecule has 186 valence electrons. The van der Waals surface area contributed by atoms with Gasteiger partial charge in [0, 0.05) is 30.8 Å². The van der Waals surface area contributed by atoms with Gasteiger partial charge in [0.2, 0.25) is 5.91 Å². The minimum Gasteiger partial charge on any atom is -0.426 e. The van der Waals surface area contributed by atoms with Crippen molar-refractivity contribution in [3.63, 3.8) is 0 Å². The van der Waals surface area contributed by atoms with E-state index in [1.54, 1.807) is 4.90 Å². The van der Waals surface area contributed by atoms with Gasteiger partial charge in [0.05, 0.1) is 22.1 Å². The van der Waals surface area contributed by atoms with Gasteiger partial charge in [0.25, 0.3) is 17.5 Å². The molecule has 0 aliphatic carbocycles. The minimum absolute atomic E-state index is 0.00134. The zero-order valence-electron chi connectivity index (χ0n) is 19.7. The third kappa shape index (κ3) is 4.12. The Balaban J connectivity index is 1.34. The van der Waals surface area contributed by atoms with E-state index in [0.29, 0.717) is 0 Å². The summed E-state index contributed by atoms with van der Waals surface area (Å²) in [5, 5.41) is 11.4. The lowest BCUT2D eigenvalue weighted by molar-refractivity contribution is -0.385. The molecule has 0 radical (unpaired) electrons. The highest BCUT2D eigenvalue weighted by molar-refractivity contribution is 6.35. The second-order valence-electron chi connectivity index (χ2n) is 8.71. The standard InChI is InChI=1S/C27H21N3O7/c1-2-16-7-3-4-11-21(16)28-15-17(13-23(28)31)27(34)37-19-9-5-8-18(14-19)29-25(32)20-10-6-12-22(30(35)36)24(20)26(29)33/h3-12,14,17H,2,13,15H2,1H3/t17-/m1/s1. The number of benzene rings is 3. The number of aryl methyl sites for hydroxylation is 1. The number of para-hydroxylation sites is 1. The molecule has 3 aromatic carbocycles. The van der Waals surface area contributed by atoms with E-state index in [0.717, 1.165) is 28.6 Å². The van der Waals surface area contributed by atoms with E-state index in [2.05, 4.69) is 0 Å². The zero-order chi connectivity index (χ0) is 26.3. The first-order chi connectivity index (χ1) is 17.8. The maximum absolute atomic E-state index is 13.0. The molecule has 5 rings (SSSR count). The molecule has 1 atom stereocenters. The van der Waals surface area contributed by atoms with Crippen LogP contribution in [0.25, 0.3) is 0 Å². The van der Waals surface area contributed by atoms with Crippen molar-refractivity contribution in [1.82, 2.24) is 0 Å². The topological polar surface area (TPSA) is 127 Å². The molecule has 1 fully saturated rings. The van der Waals surface area contributed by atoms with Crippen molar-refractivity contribution in [1.29, 1.82) is 0 Å². The highest BCUT2D eigenvalue weighted by Gasteiger charge is 2.42.